The molecule has 2 aromatic rings. The van der Waals surface area contributed by atoms with Crippen LogP contribution in [0.25, 0.3) is 0 Å². The van der Waals surface area contributed by atoms with Crippen molar-refractivity contribution in [3.05, 3.63) is 54.4 Å². The molecule has 7 heteroatoms. The Morgan fingerprint density at radius 2 is 2.14 bits per heavy atom. The fraction of sp³-hybridized carbons (Fsp3) is 0.133. The van der Waals surface area contributed by atoms with E-state index in [2.05, 4.69) is 15.5 Å². The fourth-order valence-corrected chi connectivity index (χ4v) is 1.66. The van der Waals surface area contributed by atoms with Crippen molar-refractivity contribution in [2.75, 3.05) is 19.0 Å². The Morgan fingerprint density at radius 3 is 2.86 bits per heavy atom. The van der Waals surface area contributed by atoms with Gasteiger partial charge in [0.25, 0.3) is 5.91 Å². The lowest BCUT2D eigenvalue weighted by atomic mass is 10.3. The number of nitrogens with two attached hydrogens (primary N) is 1. The zero-order valence-corrected chi connectivity index (χ0v) is 12.0. The highest BCUT2D eigenvalue weighted by molar-refractivity contribution is 5.97. The van der Waals surface area contributed by atoms with Crippen LogP contribution in [0.4, 0.5) is 5.69 Å². The summed E-state index contributed by atoms with van der Waals surface area (Å²) in [5.74, 6) is 0.347. The van der Waals surface area contributed by atoms with Gasteiger partial charge in [0.05, 0.1) is 12.8 Å². The van der Waals surface area contributed by atoms with Crippen molar-refractivity contribution >= 4 is 17.4 Å². The predicted molar refractivity (Wildman–Crippen MR) is 82.5 cm³/mol. The van der Waals surface area contributed by atoms with Gasteiger partial charge in [-0.15, -0.1) is 0 Å². The molecular formula is C15H16N4O3. The van der Waals surface area contributed by atoms with Crippen molar-refractivity contribution in [2.24, 2.45) is 10.9 Å². The third-order valence-electron chi connectivity index (χ3n) is 2.70. The van der Waals surface area contributed by atoms with Gasteiger partial charge < -0.3 is 20.6 Å². The first-order chi connectivity index (χ1) is 10.7. The molecule has 0 aliphatic rings. The van der Waals surface area contributed by atoms with Gasteiger partial charge in [0.15, 0.2) is 12.4 Å². The lowest BCUT2D eigenvalue weighted by Crippen LogP contribution is -2.19. The third kappa shape index (κ3) is 4.20. The van der Waals surface area contributed by atoms with Crippen LogP contribution in [0, 0.1) is 0 Å². The first-order valence-corrected chi connectivity index (χ1v) is 6.49. The fourth-order valence-electron chi connectivity index (χ4n) is 1.66. The summed E-state index contributed by atoms with van der Waals surface area (Å²) >= 11 is 0. The molecule has 3 N–H and O–H groups in total. The normalized spacial score (nSPS) is 10.9. The molecule has 1 heterocycles. The van der Waals surface area contributed by atoms with Gasteiger partial charge >= 0.3 is 0 Å². The Kier molecular flexibility index (Phi) is 5.31. The number of carbonyl (C=O) groups excluding carboxylic acids is 1. The van der Waals surface area contributed by atoms with Gasteiger partial charge in [-0.05, 0) is 24.3 Å². The number of oxime groups is 1. The van der Waals surface area contributed by atoms with Crippen LogP contribution in [-0.2, 0) is 9.63 Å². The van der Waals surface area contributed by atoms with Crippen LogP contribution in [-0.4, -0.2) is 30.4 Å². The molecule has 1 amide bonds. The first-order valence-electron chi connectivity index (χ1n) is 6.49. The van der Waals surface area contributed by atoms with Gasteiger partial charge in [-0.25, -0.2) is 0 Å². The monoisotopic (exact) mass is 300 g/mol. The zero-order chi connectivity index (χ0) is 15.8. The number of hydrogen-bond acceptors (Lipinski definition) is 5. The van der Waals surface area contributed by atoms with Crippen molar-refractivity contribution in [3.63, 3.8) is 0 Å². The van der Waals surface area contributed by atoms with Crippen molar-refractivity contribution in [1.82, 2.24) is 4.98 Å². The Bertz CT molecular complexity index is 659. The van der Waals surface area contributed by atoms with Gasteiger partial charge in [-0.2, -0.15) is 0 Å². The zero-order valence-electron chi connectivity index (χ0n) is 12.0. The number of ether oxygens (including phenoxy) is 1. The number of amidine groups is 1. The average molecular weight is 300 g/mol. The van der Waals surface area contributed by atoms with Gasteiger partial charge in [0, 0.05) is 18.0 Å². The number of nitrogens with one attached hydrogen (secondary N) is 1. The molecule has 114 valence electrons. The minimum Gasteiger partial charge on any atom is -0.495 e. The highest BCUT2D eigenvalue weighted by Crippen LogP contribution is 2.22. The molecular weight excluding hydrogens is 284 g/mol. The Morgan fingerprint density at radius 1 is 1.32 bits per heavy atom. The number of pyridine rings is 1. The van der Waals surface area contributed by atoms with E-state index < -0.39 is 0 Å². The van der Waals surface area contributed by atoms with E-state index in [4.69, 9.17) is 15.3 Å². The molecule has 2 rings (SSSR count). The van der Waals surface area contributed by atoms with Crippen LogP contribution < -0.4 is 15.8 Å². The van der Waals surface area contributed by atoms with E-state index in [0.717, 1.165) is 0 Å². The largest absolute Gasteiger partial charge is 0.495 e. The molecule has 0 saturated heterocycles. The number of carbonyl (C=O) groups is 1. The van der Waals surface area contributed by atoms with Gasteiger partial charge in [0.1, 0.15) is 5.75 Å². The second-order valence-corrected chi connectivity index (χ2v) is 4.24. The standard InChI is InChI=1S/C15H16N4O3/c1-21-13-7-3-2-6-12(13)18-14(20)10-22-19-15(16)11-5-4-8-17-9-11/h2-9H,10H2,1H3,(H2,16,19)(H,18,20). The molecule has 0 fully saturated rings. The van der Waals surface area contributed by atoms with E-state index >= 15 is 0 Å². The topological polar surface area (TPSA) is 98.8 Å². The summed E-state index contributed by atoms with van der Waals surface area (Å²) in [6, 6.07) is 10.5. The SMILES string of the molecule is COc1ccccc1NC(=O)CON=C(N)c1cccnc1. The van der Waals surface area contributed by atoms with E-state index in [0.29, 0.717) is 17.0 Å². The van der Waals surface area contributed by atoms with E-state index in [9.17, 15) is 4.79 Å². The maximum atomic E-state index is 11.8. The number of para-hydroxylation sites is 2. The molecule has 0 radical (unpaired) electrons. The smallest absolute Gasteiger partial charge is 0.265 e. The summed E-state index contributed by atoms with van der Waals surface area (Å²) in [6.07, 6.45) is 3.18. The van der Waals surface area contributed by atoms with Crippen molar-refractivity contribution in [3.8, 4) is 5.75 Å². The molecule has 1 aromatic heterocycles. The molecule has 0 saturated carbocycles. The maximum absolute atomic E-state index is 11.8. The molecule has 0 aliphatic carbocycles. The minimum atomic E-state index is -0.368. The summed E-state index contributed by atoms with van der Waals surface area (Å²) in [7, 11) is 1.53. The second kappa shape index (κ2) is 7.63. The summed E-state index contributed by atoms with van der Waals surface area (Å²) in [5.41, 5.74) is 6.89. The molecule has 22 heavy (non-hydrogen) atoms. The molecule has 7 nitrogen and oxygen atoms in total. The number of benzene rings is 1. The highest BCUT2D eigenvalue weighted by atomic mass is 16.6. The van der Waals surface area contributed by atoms with Crippen molar-refractivity contribution in [2.45, 2.75) is 0 Å². The quantitative estimate of drug-likeness (QED) is 0.477. The van der Waals surface area contributed by atoms with Crippen LogP contribution in [0.1, 0.15) is 5.56 Å². The first kappa shape index (κ1) is 15.3. The van der Waals surface area contributed by atoms with Crippen LogP contribution in [0.15, 0.2) is 53.9 Å². The predicted octanol–water partition coefficient (Wildman–Crippen LogP) is 1.37. The van der Waals surface area contributed by atoms with Crippen molar-refractivity contribution < 1.29 is 14.4 Å². The Hall–Kier alpha value is -3.09. The number of amides is 1. The number of rotatable bonds is 6. The van der Waals surface area contributed by atoms with Gasteiger partial charge in [-0.1, -0.05) is 17.3 Å². The third-order valence-corrected chi connectivity index (χ3v) is 2.70. The maximum Gasteiger partial charge on any atom is 0.265 e. The summed E-state index contributed by atoms with van der Waals surface area (Å²) in [4.78, 5) is 20.6. The van der Waals surface area contributed by atoms with Crippen LogP contribution in [0.3, 0.4) is 0 Å². The molecule has 0 unspecified atom stereocenters. The lowest BCUT2D eigenvalue weighted by molar-refractivity contribution is -0.120. The summed E-state index contributed by atoms with van der Waals surface area (Å²) in [5, 5.41) is 6.34. The number of anilines is 1. The highest BCUT2D eigenvalue weighted by Gasteiger charge is 2.07. The Balaban J connectivity index is 1.88. The molecule has 0 atom stereocenters. The van der Waals surface area contributed by atoms with Gasteiger partial charge in [-0.3, -0.25) is 9.78 Å². The number of aromatic nitrogens is 1. The molecule has 0 aliphatic heterocycles. The van der Waals surface area contributed by atoms with Gasteiger partial charge in [0.2, 0.25) is 0 Å². The molecule has 1 aromatic carbocycles. The van der Waals surface area contributed by atoms with E-state index in [1.165, 1.54) is 7.11 Å². The second-order valence-electron chi connectivity index (χ2n) is 4.24. The summed E-state index contributed by atoms with van der Waals surface area (Å²) < 4.78 is 5.14. The minimum absolute atomic E-state index is 0.151. The van der Waals surface area contributed by atoms with E-state index in [-0.39, 0.29) is 18.3 Å². The van der Waals surface area contributed by atoms with Crippen LogP contribution >= 0.6 is 0 Å². The van der Waals surface area contributed by atoms with Crippen LogP contribution in [0.2, 0.25) is 0 Å². The molecule has 0 bridgehead atoms. The summed E-state index contributed by atoms with van der Waals surface area (Å²) in [6.45, 7) is -0.265. The van der Waals surface area contributed by atoms with E-state index in [1.54, 1.807) is 42.7 Å². The number of hydrogen-bond donors (Lipinski definition) is 2. The van der Waals surface area contributed by atoms with Crippen LogP contribution in [0.5, 0.6) is 5.75 Å². The average Bonchev–Trinajstić information content (AvgIpc) is 2.56. The number of methoxy groups -OCH3 is 1. The van der Waals surface area contributed by atoms with Crippen molar-refractivity contribution in [1.29, 1.82) is 0 Å². The van der Waals surface area contributed by atoms with E-state index in [1.807, 2.05) is 6.07 Å². The Labute approximate surface area is 127 Å². The lowest BCUT2D eigenvalue weighted by Gasteiger charge is -2.09. The number of nitrogens with zero attached hydrogens (tertiary/aromatic N) is 2. The molecule has 0 spiro atoms.